The Labute approximate surface area is 189 Å². The van der Waals surface area contributed by atoms with E-state index in [1.165, 1.54) is 0 Å². The number of rotatable bonds is 7. The number of likely N-dealkylation sites (tertiary alicyclic amines) is 1. The van der Waals surface area contributed by atoms with E-state index < -0.39 is 6.04 Å². The zero-order chi connectivity index (χ0) is 22.5. The van der Waals surface area contributed by atoms with Gasteiger partial charge in [0.1, 0.15) is 6.04 Å². The normalized spacial score (nSPS) is 16.2. The predicted molar refractivity (Wildman–Crippen MR) is 127 cm³/mol. The summed E-state index contributed by atoms with van der Waals surface area (Å²) in [6.07, 6.45) is 4.01. The van der Waals surface area contributed by atoms with Gasteiger partial charge in [-0.25, -0.2) is 0 Å². The quantitative estimate of drug-likeness (QED) is 0.530. The number of aromatic amines is 1. The summed E-state index contributed by atoms with van der Waals surface area (Å²) in [5.41, 5.74) is 2.19. The van der Waals surface area contributed by atoms with Gasteiger partial charge in [0.15, 0.2) is 0 Å². The fraction of sp³-hybridized carbons (Fsp3) is 0.385. The summed E-state index contributed by atoms with van der Waals surface area (Å²) in [4.78, 5) is 31.8. The van der Waals surface area contributed by atoms with Gasteiger partial charge in [0.05, 0.1) is 0 Å². The smallest absolute Gasteiger partial charge is 0.252 e. The molecule has 1 saturated heterocycles. The highest BCUT2D eigenvalue weighted by Gasteiger charge is 2.26. The topological polar surface area (TPSA) is 77.2 Å². The van der Waals surface area contributed by atoms with Crippen molar-refractivity contribution < 1.29 is 9.59 Å². The standard InChI is InChI=1S/C26H32N4O2/c1-18(2)30-14-11-19(12-15-30)17-28-26(32)24(21-6-4-3-5-7-21)29-25(31)22-9-8-20-10-13-27-23(20)16-22/h3-10,13,16,18-19,24,27H,11-12,14-15,17H2,1-2H3,(H,28,32)(H,29,31)/t24-/m1/s1. The number of fused-ring (bicyclic) bond motifs is 1. The van der Waals surface area contributed by atoms with Gasteiger partial charge in [-0.05, 0) is 74.8 Å². The fourth-order valence-electron chi connectivity index (χ4n) is 4.37. The molecule has 2 heterocycles. The van der Waals surface area contributed by atoms with Gasteiger partial charge in [-0.2, -0.15) is 0 Å². The Morgan fingerprint density at radius 1 is 1.06 bits per heavy atom. The van der Waals surface area contributed by atoms with Crippen molar-refractivity contribution in [1.29, 1.82) is 0 Å². The van der Waals surface area contributed by atoms with E-state index in [0.29, 0.717) is 24.1 Å². The van der Waals surface area contributed by atoms with Crippen LogP contribution in [0.5, 0.6) is 0 Å². The third-order valence-electron chi connectivity index (χ3n) is 6.43. The summed E-state index contributed by atoms with van der Waals surface area (Å²) >= 11 is 0. The van der Waals surface area contributed by atoms with Crippen LogP contribution in [0.1, 0.15) is 48.7 Å². The molecule has 2 aromatic carbocycles. The molecule has 1 aliphatic rings. The highest BCUT2D eigenvalue weighted by molar-refractivity contribution is 6.00. The third-order valence-corrected chi connectivity index (χ3v) is 6.43. The molecule has 4 rings (SSSR count). The summed E-state index contributed by atoms with van der Waals surface area (Å²) in [6.45, 7) is 7.22. The van der Waals surface area contributed by atoms with Crippen LogP contribution in [0.25, 0.3) is 10.9 Å². The van der Waals surface area contributed by atoms with E-state index in [9.17, 15) is 9.59 Å². The lowest BCUT2D eigenvalue weighted by atomic mass is 9.95. The molecule has 0 aliphatic carbocycles. The molecule has 0 radical (unpaired) electrons. The average Bonchev–Trinajstić information content (AvgIpc) is 3.29. The highest BCUT2D eigenvalue weighted by atomic mass is 16.2. The predicted octanol–water partition coefficient (Wildman–Crippen LogP) is 3.88. The number of carbonyl (C=O) groups excluding carboxylic acids is 2. The zero-order valence-electron chi connectivity index (χ0n) is 18.8. The van der Waals surface area contributed by atoms with Gasteiger partial charge in [-0.15, -0.1) is 0 Å². The molecule has 0 spiro atoms. The van der Waals surface area contributed by atoms with Crippen LogP contribution >= 0.6 is 0 Å². The van der Waals surface area contributed by atoms with Crippen LogP contribution in [0.2, 0.25) is 0 Å². The van der Waals surface area contributed by atoms with Gasteiger partial charge in [0, 0.05) is 29.9 Å². The van der Waals surface area contributed by atoms with E-state index in [1.54, 1.807) is 6.07 Å². The van der Waals surface area contributed by atoms with Crippen LogP contribution < -0.4 is 10.6 Å². The molecular weight excluding hydrogens is 400 g/mol. The van der Waals surface area contributed by atoms with E-state index >= 15 is 0 Å². The van der Waals surface area contributed by atoms with Crippen molar-refractivity contribution in [3.63, 3.8) is 0 Å². The molecule has 0 saturated carbocycles. The number of nitrogens with zero attached hydrogens (tertiary/aromatic N) is 1. The average molecular weight is 433 g/mol. The van der Waals surface area contributed by atoms with Crippen LogP contribution in [0.4, 0.5) is 0 Å². The van der Waals surface area contributed by atoms with Crippen molar-refractivity contribution in [2.75, 3.05) is 19.6 Å². The first-order chi connectivity index (χ1) is 15.5. The monoisotopic (exact) mass is 432 g/mol. The number of benzene rings is 2. The number of carbonyl (C=O) groups is 2. The van der Waals surface area contributed by atoms with Crippen molar-refractivity contribution in [3.05, 3.63) is 71.9 Å². The maximum atomic E-state index is 13.2. The van der Waals surface area contributed by atoms with Crippen molar-refractivity contribution in [2.24, 2.45) is 5.92 Å². The molecule has 2 amide bonds. The summed E-state index contributed by atoms with van der Waals surface area (Å²) < 4.78 is 0. The molecule has 1 fully saturated rings. The second-order valence-electron chi connectivity index (χ2n) is 8.92. The lowest BCUT2D eigenvalue weighted by molar-refractivity contribution is -0.123. The molecule has 1 aromatic heterocycles. The Bertz CT molecular complexity index is 1050. The van der Waals surface area contributed by atoms with Gasteiger partial charge in [-0.1, -0.05) is 36.4 Å². The number of hydrogen-bond acceptors (Lipinski definition) is 3. The summed E-state index contributed by atoms with van der Waals surface area (Å²) in [7, 11) is 0. The number of H-pyrrole nitrogens is 1. The number of amides is 2. The number of hydrogen-bond donors (Lipinski definition) is 3. The molecular formula is C26H32N4O2. The first-order valence-corrected chi connectivity index (χ1v) is 11.5. The van der Waals surface area contributed by atoms with Crippen LogP contribution in [-0.2, 0) is 4.79 Å². The molecule has 168 valence electrons. The lowest BCUT2D eigenvalue weighted by Crippen LogP contribution is -2.44. The minimum absolute atomic E-state index is 0.170. The van der Waals surface area contributed by atoms with Gasteiger partial charge < -0.3 is 20.5 Å². The molecule has 6 nitrogen and oxygen atoms in total. The molecule has 0 unspecified atom stereocenters. The molecule has 3 aromatic rings. The third kappa shape index (κ3) is 5.19. The van der Waals surface area contributed by atoms with Crippen LogP contribution in [0.15, 0.2) is 60.8 Å². The van der Waals surface area contributed by atoms with Crippen molar-refractivity contribution >= 4 is 22.7 Å². The van der Waals surface area contributed by atoms with Crippen LogP contribution in [0, 0.1) is 5.92 Å². The van der Waals surface area contributed by atoms with Crippen molar-refractivity contribution in [1.82, 2.24) is 20.5 Å². The highest BCUT2D eigenvalue weighted by Crippen LogP contribution is 2.20. The Morgan fingerprint density at radius 2 is 1.81 bits per heavy atom. The molecule has 32 heavy (non-hydrogen) atoms. The second-order valence-corrected chi connectivity index (χ2v) is 8.92. The van der Waals surface area contributed by atoms with Crippen LogP contribution in [0.3, 0.4) is 0 Å². The molecule has 1 aliphatic heterocycles. The summed E-state index contributed by atoms with van der Waals surface area (Å²) in [6, 6.07) is 16.7. The van der Waals surface area contributed by atoms with E-state index in [4.69, 9.17) is 0 Å². The molecule has 3 N–H and O–H groups in total. The zero-order valence-corrected chi connectivity index (χ0v) is 18.8. The Hall–Kier alpha value is -3.12. The Balaban J connectivity index is 1.42. The maximum absolute atomic E-state index is 13.2. The molecule has 0 bridgehead atoms. The lowest BCUT2D eigenvalue weighted by Gasteiger charge is -2.34. The minimum atomic E-state index is -0.737. The largest absolute Gasteiger partial charge is 0.361 e. The van der Waals surface area contributed by atoms with E-state index in [2.05, 4.69) is 34.4 Å². The SMILES string of the molecule is CC(C)N1CCC(CNC(=O)[C@H](NC(=O)c2ccc3cc[nH]c3c2)c2ccccc2)CC1. The fourth-order valence-corrected chi connectivity index (χ4v) is 4.37. The number of piperidine rings is 1. The molecule has 1 atom stereocenters. The number of nitrogens with one attached hydrogen (secondary N) is 3. The Morgan fingerprint density at radius 3 is 2.53 bits per heavy atom. The summed E-state index contributed by atoms with van der Waals surface area (Å²) in [5, 5.41) is 7.09. The van der Waals surface area contributed by atoms with Crippen LogP contribution in [-0.4, -0.2) is 47.4 Å². The summed E-state index contributed by atoms with van der Waals surface area (Å²) in [5.74, 6) is 0.0314. The van der Waals surface area contributed by atoms with Crippen molar-refractivity contribution in [3.8, 4) is 0 Å². The van der Waals surface area contributed by atoms with E-state index in [1.807, 2.05) is 54.7 Å². The van der Waals surface area contributed by atoms with Gasteiger partial charge in [-0.3, -0.25) is 9.59 Å². The maximum Gasteiger partial charge on any atom is 0.252 e. The second kappa shape index (κ2) is 10.0. The van der Waals surface area contributed by atoms with Gasteiger partial charge in [0.25, 0.3) is 5.91 Å². The first-order valence-electron chi connectivity index (χ1n) is 11.5. The van der Waals surface area contributed by atoms with Gasteiger partial charge in [0.2, 0.25) is 5.91 Å². The Kier molecular flexibility index (Phi) is 6.90. The first kappa shape index (κ1) is 22.1. The van der Waals surface area contributed by atoms with Crippen molar-refractivity contribution in [2.45, 2.75) is 38.8 Å². The van der Waals surface area contributed by atoms with E-state index in [-0.39, 0.29) is 11.8 Å². The number of aromatic nitrogens is 1. The van der Waals surface area contributed by atoms with E-state index in [0.717, 1.165) is 42.4 Å². The van der Waals surface area contributed by atoms with Gasteiger partial charge >= 0.3 is 0 Å². The molecule has 6 heteroatoms. The minimum Gasteiger partial charge on any atom is -0.361 e.